The first-order valence-corrected chi connectivity index (χ1v) is 18.2. The van der Waals surface area contributed by atoms with Crippen LogP contribution in [0, 0.1) is 17.3 Å². The number of ether oxygens (including phenoxy) is 2. The van der Waals surface area contributed by atoms with Crippen LogP contribution in [0.2, 0.25) is 0 Å². The van der Waals surface area contributed by atoms with Gasteiger partial charge in [-0.3, -0.25) is 19.1 Å². The summed E-state index contributed by atoms with van der Waals surface area (Å²) >= 11 is 0. The summed E-state index contributed by atoms with van der Waals surface area (Å²) in [5.74, 6) is -1.23. The summed E-state index contributed by atoms with van der Waals surface area (Å²) in [6.45, 7) is 11.7. The molecule has 3 amide bonds. The minimum Gasteiger partial charge on any atom is -0.497 e. The van der Waals surface area contributed by atoms with E-state index < -0.39 is 56.6 Å². The molecule has 49 heavy (non-hydrogen) atoms. The Morgan fingerprint density at radius 3 is 2.43 bits per heavy atom. The van der Waals surface area contributed by atoms with Crippen molar-refractivity contribution < 1.29 is 32.3 Å². The van der Waals surface area contributed by atoms with Crippen LogP contribution in [0.25, 0.3) is 22.2 Å². The van der Waals surface area contributed by atoms with Gasteiger partial charge < -0.3 is 19.7 Å². The Labute approximate surface area is 287 Å². The van der Waals surface area contributed by atoms with E-state index in [2.05, 4.69) is 16.6 Å². The van der Waals surface area contributed by atoms with Gasteiger partial charge in [-0.05, 0) is 36.8 Å². The van der Waals surface area contributed by atoms with Crippen molar-refractivity contribution in [3.63, 3.8) is 0 Å². The molecule has 0 radical (unpaired) electrons. The highest BCUT2D eigenvalue weighted by atomic mass is 32.2. The molecule has 1 aliphatic heterocycles. The van der Waals surface area contributed by atoms with Crippen molar-refractivity contribution in [1.29, 1.82) is 0 Å². The minimum absolute atomic E-state index is 0.137. The second-order valence-electron chi connectivity index (χ2n) is 14.5. The summed E-state index contributed by atoms with van der Waals surface area (Å²) in [5.41, 5.74) is 0.400. The summed E-state index contributed by atoms with van der Waals surface area (Å²) in [7, 11) is -2.25. The molecule has 2 saturated carbocycles. The Kier molecular flexibility index (Phi) is 8.98. The monoisotopic (exact) mass is 688 g/mol. The third-order valence-electron chi connectivity index (χ3n) is 10.1. The molecular weight excluding hydrogens is 644 g/mol. The van der Waals surface area contributed by atoms with Gasteiger partial charge in [0.25, 0.3) is 5.91 Å². The number of carbonyl (C=O) groups is 3. The predicted molar refractivity (Wildman–Crippen MR) is 186 cm³/mol. The SMILES string of the molecule is C=C[C@@H]1C[C@]1(NC(=O)[C@@H]1C[C@@H](Oc2cc(-c3ccccc3)nc3cc(OC)ccc23)CN1C(=O)[C@@H](C)C(C)(C)C)C(=O)NS(=O)(=O)C1CC1. The van der Waals surface area contributed by atoms with Crippen LogP contribution in [0.3, 0.4) is 0 Å². The van der Waals surface area contributed by atoms with E-state index in [1.54, 1.807) is 13.2 Å². The lowest BCUT2D eigenvalue weighted by atomic mass is 9.81. The van der Waals surface area contributed by atoms with E-state index in [0.29, 0.717) is 35.6 Å². The maximum Gasteiger partial charge on any atom is 0.259 e. The van der Waals surface area contributed by atoms with Crippen molar-refractivity contribution in [2.45, 2.75) is 76.3 Å². The number of amides is 3. The lowest BCUT2D eigenvalue weighted by Gasteiger charge is -2.33. The number of pyridine rings is 1. The van der Waals surface area contributed by atoms with Crippen molar-refractivity contribution in [1.82, 2.24) is 19.9 Å². The van der Waals surface area contributed by atoms with Crippen LogP contribution in [0.15, 0.2) is 67.3 Å². The van der Waals surface area contributed by atoms with Crippen LogP contribution >= 0.6 is 0 Å². The molecule has 0 bridgehead atoms. The number of rotatable bonds is 11. The molecule has 0 unspecified atom stereocenters. The van der Waals surface area contributed by atoms with E-state index in [4.69, 9.17) is 14.5 Å². The zero-order valence-corrected chi connectivity index (χ0v) is 29.4. The molecular formula is C37H44N4O7S. The summed E-state index contributed by atoms with van der Waals surface area (Å²) in [6, 6.07) is 16.1. The number of hydrogen-bond donors (Lipinski definition) is 2. The van der Waals surface area contributed by atoms with E-state index in [0.717, 1.165) is 10.9 Å². The maximum absolute atomic E-state index is 14.1. The fourth-order valence-electron chi connectivity index (χ4n) is 6.35. The van der Waals surface area contributed by atoms with Crippen molar-refractivity contribution in [3.8, 4) is 22.8 Å². The number of nitrogens with zero attached hydrogens (tertiary/aromatic N) is 2. The molecule has 1 saturated heterocycles. The number of methoxy groups -OCH3 is 1. The third kappa shape index (κ3) is 6.88. The van der Waals surface area contributed by atoms with Crippen molar-refractivity contribution >= 4 is 38.6 Å². The van der Waals surface area contributed by atoms with Crippen LogP contribution in [0.1, 0.15) is 53.4 Å². The summed E-state index contributed by atoms with van der Waals surface area (Å²) in [4.78, 5) is 48.0. The van der Waals surface area contributed by atoms with Crippen LogP contribution in [-0.4, -0.2) is 72.6 Å². The van der Waals surface area contributed by atoms with Gasteiger partial charge in [-0.2, -0.15) is 0 Å². The average molecular weight is 689 g/mol. The van der Waals surface area contributed by atoms with Gasteiger partial charge in [0.05, 0.1) is 30.1 Å². The standard InChI is InChI=1S/C37H44N4O7S/c1-7-24-20-37(24,35(44)40-49(45,46)27-14-15-27)39-33(42)31-18-26(21-41(31)34(43)22(2)36(3,4)5)48-32-19-29(23-11-9-8-10-12-23)38-30-17-25(47-6)13-16-28(30)32/h7-13,16-17,19,22,24,26-27,31H,1,14-15,18,20-21H2,2-6H3,(H,39,42)(H,40,44)/t22-,24-,26-,31+,37-/m1/s1. The number of likely N-dealkylation sites (tertiary alicyclic amines) is 1. The minimum atomic E-state index is -3.84. The highest BCUT2D eigenvalue weighted by Crippen LogP contribution is 2.46. The van der Waals surface area contributed by atoms with Crippen LogP contribution in [0.4, 0.5) is 0 Å². The average Bonchev–Trinajstić information content (AvgIpc) is 4.00. The first kappa shape index (κ1) is 34.4. The first-order chi connectivity index (χ1) is 23.2. The topological polar surface area (TPSA) is 144 Å². The van der Waals surface area contributed by atoms with Gasteiger partial charge in [-0.1, -0.05) is 64.1 Å². The van der Waals surface area contributed by atoms with Crippen molar-refractivity contribution in [3.05, 3.63) is 67.3 Å². The smallest absolute Gasteiger partial charge is 0.259 e. The molecule has 2 aliphatic carbocycles. The normalized spacial score (nSPS) is 24.2. The van der Waals surface area contributed by atoms with Gasteiger partial charge in [-0.25, -0.2) is 13.4 Å². The lowest BCUT2D eigenvalue weighted by molar-refractivity contribution is -0.144. The fraction of sp³-hybridized carbons (Fsp3) is 0.459. The Morgan fingerprint density at radius 2 is 1.82 bits per heavy atom. The number of benzene rings is 2. The van der Waals surface area contributed by atoms with Gasteiger partial charge in [0, 0.05) is 41.3 Å². The van der Waals surface area contributed by atoms with E-state index in [1.165, 1.54) is 4.90 Å². The molecule has 2 aromatic carbocycles. The van der Waals surface area contributed by atoms with E-state index in [9.17, 15) is 22.8 Å². The molecule has 3 fully saturated rings. The largest absolute Gasteiger partial charge is 0.497 e. The fourth-order valence-corrected chi connectivity index (χ4v) is 7.71. The van der Waals surface area contributed by atoms with Crippen molar-refractivity contribution in [2.24, 2.45) is 17.3 Å². The molecule has 12 heteroatoms. The Balaban J connectivity index is 1.31. The van der Waals surface area contributed by atoms with E-state index in [-0.39, 0.29) is 30.7 Å². The predicted octanol–water partition coefficient (Wildman–Crippen LogP) is 4.61. The number of hydrogen-bond acceptors (Lipinski definition) is 8. The van der Waals surface area contributed by atoms with Crippen LogP contribution in [0.5, 0.6) is 11.5 Å². The number of aromatic nitrogens is 1. The number of carbonyl (C=O) groups excluding carboxylic acids is 3. The molecule has 2 N–H and O–H groups in total. The molecule has 3 aromatic rings. The maximum atomic E-state index is 14.1. The van der Waals surface area contributed by atoms with Gasteiger partial charge >= 0.3 is 0 Å². The van der Waals surface area contributed by atoms with Crippen LogP contribution < -0.4 is 19.5 Å². The third-order valence-corrected chi connectivity index (χ3v) is 11.9. The summed E-state index contributed by atoms with van der Waals surface area (Å²) in [6.07, 6.45) is 2.33. The molecule has 0 spiro atoms. The highest BCUT2D eigenvalue weighted by Gasteiger charge is 2.62. The number of sulfonamides is 1. The highest BCUT2D eigenvalue weighted by molar-refractivity contribution is 7.91. The zero-order chi connectivity index (χ0) is 35.3. The lowest BCUT2D eigenvalue weighted by Crippen LogP contribution is -2.57. The quantitative estimate of drug-likeness (QED) is 0.278. The summed E-state index contributed by atoms with van der Waals surface area (Å²) in [5, 5.41) is 3.00. The second kappa shape index (κ2) is 12.8. The van der Waals surface area contributed by atoms with E-state index >= 15 is 0 Å². The van der Waals surface area contributed by atoms with Gasteiger partial charge in [0.15, 0.2) is 0 Å². The molecule has 5 atom stereocenters. The molecule has 3 aliphatic rings. The van der Waals surface area contributed by atoms with E-state index in [1.807, 2.05) is 82.3 Å². The summed E-state index contributed by atoms with van der Waals surface area (Å²) < 4.78 is 39.6. The Bertz CT molecular complexity index is 1900. The Hall–Kier alpha value is -4.45. The Morgan fingerprint density at radius 1 is 1.10 bits per heavy atom. The first-order valence-electron chi connectivity index (χ1n) is 16.7. The molecule has 260 valence electrons. The molecule has 1 aromatic heterocycles. The number of fused-ring (bicyclic) bond motifs is 1. The van der Waals surface area contributed by atoms with Crippen molar-refractivity contribution in [2.75, 3.05) is 13.7 Å². The molecule has 2 heterocycles. The van der Waals surface area contributed by atoms with Crippen LogP contribution in [-0.2, 0) is 24.4 Å². The number of nitrogens with one attached hydrogen (secondary N) is 2. The molecule has 11 nitrogen and oxygen atoms in total. The second-order valence-corrected chi connectivity index (χ2v) is 16.5. The van der Waals surface area contributed by atoms with Gasteiger partial charge in [-0.15, -0.1) is 6.58 Å². The molecule has 6 rings (SSSR count). The van der Waals surface area contributed by atoms with Gasteiger partial charge in [0.1, 0.15) is 29.2 Å². The zero-order valence-electron chi connectivity index (χ0n) is 28.6. The van der Waals surface area contributed by atoms with Gasteiger partial charge in [0.2, 0.25) is 21.8 Å².